The summed E-state index contributed by atoms with van der Waals surface area (Å²) in [6, 6.07) is 2.18. The molecule has 3 heterocycles. The van der Waals surface area contributed by atoms with Gasteiger partial charge in [0, 0.05) is 38.8 Å². The molecule has 2 atom stereocenters. The molecule has 2 aliphatic rings. The lowest BCUT2D eigenvalue weighted by Gasteiger charge is -2.36. The van der Waals surface area contributed by atoms with Crippen molar-refractivity contribution < 1.29 is 0 Å². The van der Waals surface area contributed by atoms with Gasteiger partial charge in [0.25, 0.3) is 0 Å². The van der Waals surface area contributed by atoms with E-state index in [2.05, 4.69) is 40.3 Å². The first kappa shape index (κ1) is 20.1. The number of hydrogen-bond acceptors (Lipinski definition) is 5. The Hall–Kier alpha value is -1.63. The van der Waals surface area contributed by atoms with Gasteiger partial charge in [-0.05, 0) is 50.2 Å². The maximum Gasteiger partial charge on any atom is 0.232 e. The van der Waals surface area contributed by atoms with E-state index in [0.717, 1.165) is 44.4 Å². The van der Waals surface area contributed by atoms with E-state index in [1.165, 1.54) is 32.1 Å². The van der Waals surface area contributed by atoms with Crippen LogP contribution in [0, 0.1) is 11.8 Å². The molecule has 6 nitrogen and oxygen atoms in total. The fraction of sp³-hybridized carbons (Fsp3) is 0.750. The van der Waals surface area contributed by atoms with Crippen molar-refractivity contribution in [3.8, 4) is 0 Å². The third-order valence-electron chi connectivity index (χ3n) is 5.38. The molecule has 3 rings (SSSR count). The van der Waals surface area contributed by atoms with Crippen LogP contribution >= 0.6 is 12.2 Å². The lowest BCUT2D eigenvalue weighted by atomic mass is 9.92. The van der Waals surface area contributed by atoms with Gasteiger partial charge in [-0.15, -0.1) is 0 Å². The average molecular weight is 391 g/mol. The number of nitrogens with one attached hydrogen (secondary N) is 2. The smallest absolute Gasteiger partial charge is 0.232 e. The number of aromatic nitrogens is 2. The van der Waals surface area contributed by atoms with E-state index >= 15 is 0 Å². The van der Waals surface area contributed by atoms with Gasteiger partial charge in [-0.1, -0.05) is 26.7 Å². The molecule has 0 amide bonds. The van der Waals surface area contributed by atoms with Crippen LogP contribution in [0.2, 0.25) is 0 Å². The summed E-state index contributed by atoms with van der Waals surface area (Å²) in [6.07, 6.45) is 6.37. The Labute approximate surface area is 169 Å². The molecule has 2 aliphatic heterocycles. The molecule has 2 fully saturated rings. The number of nitrogens with zero attached hydrogens (tertiary/aromatic N) is 4. The molecule has 0 saturated carbocycles. The van der Waals surface area contributed by atoms with E-state index in [4.69, 9.17) is 22.2 Å². The molecular weight excluding hydrogens is 356 g/mol. The number of piperidine rings is 1. The van der Waals surface area contributed by atoms with Gasteiger partial charge in [-0.3, -0.25) is 0 Å². The van der Waals surface area contributed by atoms with Crippen molar-refractivity contribution in [1.82, 2.24) is 15.3 Å². The van der Waals surface area contributed by atoms with Gasteiger partial charge in [0.05, 0.1) is 0 Å². The minimum Gasteiger partial charge on any atom is -0.363 e. The molecule has 0 unspecified atom stereocenters. The van der Waals surface area contributed by atoms with Crippen molar-refractivity contribution >= 4 is 34.9 Å². The summed E-state index contributed by atoms with van der Waals surface area (Å²) >= 11 is 5.36. The highest BCUT2D eigenvalue weighted by atomic mass is 32.1. The third kappa shape index (κ3) is 5.67. The fourth-order valence-corrected chi connectivity index (χ4v) is 4.49. The van der Waals surface area contributed by atoms with Crippen LogP contribution in [0.3, 0.4) is 0 Å². The summed E-state index contributed by atoms with van der Waals surface area (Å²) in [5.74, 6) is 4.01. The summed E-state index contributed by atoms with van der Waals surface area (Å²) in [4.78, 5) is 14.5. The van der Waals surface area contributed by atoms with Crippen molar-refractivity contribution in [2.45, 2.75) is 52.9 Å². The van der Waals surface area contributed by atoms with Crippen molar-refractivity contribution in [1.29, 1.82) is 0 Å². The fourth-order valence-electron chi connectivity index (χ4n) is 4.26. The summed E-state index contributed by atoms with van der Waals surface area (Å²) in [7, 11) is 0. The maximum atomic E-state index is 5.36. The first-order valence-electron chi connectivity index (χ1n) is 10.5. The molecule has 1 aromatic heterocycles. The molecule has 0 radical (unpaired) electrons. The third-order valence-corrected chi connectivity index (χ3v) is 5.63. The zero-order chi connectivity index (χ0) is 19.2. The first-order chi connectivity index (χ1) is 13.0. The highest BCUT2D eigenvalue weighted by molar-refractivity contribution is 7.80. The molecule has 0 aliphatic carbocycles. The van der Waals surface area contributed by atoms with Gasteiger partial charge in [0.15, 0.2) is 5.11 Å². The summed E-state index contributed by atoms with van der Waals surface area (Å²) in [5.41, 5.74) is 0. The number of thiocarbonyl (C=S) groups is 1. The number of anilines is 3. The maximum absolute atomic E-state index is 5.36. The number of hydrogen-bond donors (Lipinski definition) is 2. The molecule has 2 saturated heterocycles. The van der Waals surface area contributed by atoms with Crippen LogP contribution in [-0.2, 0) is 0 Å². The van der Waals surface area contributed by atoms with Crippen molar-refractivity contribution in [3.05, 3.63) is 6.07 Å². The van der Waals surface area contributed by atoms with Crippen LogP contribution in [-0.4, -0.2) is 47.8 Å². The van der Waals surface area contributed by atoms with Crippen molar-refractivity contribution in [2.24, 2.45) is 11.8 Å². The lowest BCUT2D eigenvalue weighted by molar-refractivity contribution is 0.355. The van der Waals surface area contributed by atoms with Crippen molar-refractivity contribution in [3.63, 3.8) is 0 Å². The van der Waals surface area contributed by atoms with E-state index in [0.29, 0.717) is 22.9 Å². The molecular formula is C20H34N6S. The number of rotatable bonds is 4. The molecule has 7 heteroatoms. The average Bonchev–Trinajstić information content (AvgIpc) is 2.90. The Bertz CT molecular complexity index is 619. The van der Waals surface area contributed by atoms with Crippen LogP contribution in [0.25, 0.3) is 0 Å². The predicted molar refractivity (Wildman–Crippen MR) is 118 cm³/mol. The van der Waals surface area contributed by atoms with Crippen LogP contribution in [0.5, 0.6) is 0 Å². The largest absolute Gasteiger partial charge is 0.363 e. The quantitative estimate of drug-likeness (QED) is 0.761. The first-order valence-corrected chi connectivity index (χ1v) is 10.9. The Morgan fingerprint density at radius 3 is 2.22 bits per heavy atom. The van der Waals surface area contributed by atoms with E-state index in [1.54, 1.807) is 0 Å². The Morgan fingerprint density at radius 2 is 1.63 bits per heavy atom. The van der Waals surface area contributed by atoms with Gasteiger partial charge in [-0.2, -0.15) is 9.97 Å². The van der Waals surface area contributed by atoms with Gasteiger partial charge in [-0.25, -0.2) is 0 Å². The second-order valence-electron chi connectivity index (χ2n) is 8.14. The standard InChI is InChI=1S/C20H34N6S/c1-4-21-20(27)24-19-22-17(25-9-7-5-6-8-10-25)12-18(23-19)26-13-15(2)11-16(3)14-26/h12,15-16H,4-11,13-14H2,1-3H3,(H2,21,22,23,24,27)/t15-,16-/m0/s1. The monoisotopic (exact) mass is 390 g/mol. The summed E-state index contributed by atoms with van der Waals surface area (Å²) < 4.78 is 0. The topological polar surface area (TPSA) is 56.3 Å². The van der Waals surface area contributed by atoms with Gasteiger partial charge in [0.2, 0.25) is 5.95 Å². The molecule has 0 spiro atoms. The Kier molecular flexibility index (Phi) is 7.10. The lowest BCUT2D eigenvalue weighted by Crippen LogP contribution is -2.39. The highest BCUT2D eigenvalue weighted by Crippen LogP contribution is 2.29. The van der Waals surface area contributed by atoms with E-state index in [9.17, 15) is 0 Å². The van der Waals surface area contributed by atoms with Gasteiger partial charge < -0.3 is 20.4 Å². The highest BCUT2D eigenvalue weighted by Gasteiger charge is 2.24. The predicted octanol–water partition coefficient (Wildman–Crippen LogP) is 3.65. The molecule has 0 bridgehead atoms. The van der Waals surface area contributed by atoms with Crippen LogP contribution in [0.15, 0.2) is 6.07 Å². The minimum absolute atomic E-state index is 0.580. The zero-order valence-electron chi connectivity index (χ0n) is 17.0. The molecule has 1 aromatic rings. The normalized spacial score (nSPS) is 23.7. The zero-order valence-corrected chi connectivity index (χ0v) is 17.8. The van der Waals surface area contributed by atoms with Crippen LogP contribution in [0.4, 0.5) is 17.6 Å². The van der Waals surface area contributed by atoms with Gasteiger partial charge in [0.1, 0.15) is 11.6 Å². The Balaban J connectivity index is 1.88. The van der Waals surface area contributed by atoms with Crippen LogP contribution in [0.1, 0.15) is 52.9 Å². The van der Waals surface area contributed by atoms with E-state index < -0.39 is 0 Å². The van der Waals surface area contributed by atoms with Crippen LogP contribution < -0.4 is 20.4 Å². The minimum atomic E-state index is 0.580. The molecule has 2 N–H and O–H groups in total. The van der Waals surface area contributed by atoms with E-state index in [1.807, 2.05) is 6.92 Å². The SMILES string of the molecule is CCNC(=S)Nc1nc(N2CCCCCC2)cc(N2C[C@@H](C)C[C@H](C)C2)n1. The molecule has 0 aromatic carbocycles. The van der Waals surface area contributed by atoms with E-state index in [-0.39, 0.29) is 0 Å². The summed E-state index contributed by atoms with van der Waals surface area (Å²) in [5, 5.41) is 6.89. The van der Waals surface area contributed by atoms with Crippen molar-refractivity contribution in [2.75, 3.05) is 47.8 Å². The molecule has 27 heavy (non-hydrogen) atoms. The summed E-state index contributed by atoms with van der Waals surface area (Å²) in [6.45, 7) is 11.7. The second-order valence-corrected chi connectivity index (χ2v) is 8.55. The second kappa shape index (κ2) is 9.53. The van der Waals surface area contributed by atoms with Gasteiger partial charge >= 0.3 is 0 Å². The molecule has 150 valence electrons. The Morgan fingerprint density at radius 1 is 1.04 bits per heavy atom.